The molecular formula is C22H25N3O4S. The van der Waals surface area contributed by atoms with E-state index in [-0.39, 0.29) is 11.8 Å². The van der Waals surface area contributed by atoms with Gasteiger partial charge >= 0.3 is 0 Å². The summed E-state index contributed by atoms with van der Waals surface area (Å²) in [7, 11) is 0. The smallest absolute Gasteiger partial charge is 0.241 e. The molecule has 2 aromatic carbocycles. The van der Waals surface area contributed by atoms with Crippen LogP contribution in [0.25, 0.3) is 0 Å². The molecule has 1 atom stereocenters. The van der Waals surface area contributed by atoms with Gasteiger partial charge in [0.15, 0.2) is 5.17 Å². The van der Waals surface area contributed by atoms with Gasteiger partial charge in [-0.1, -0.05) is 47.7 Å². The van der Waals surface area contributed by atoms with Gasteiger partial charge in [0, 0.05) is 19.4 Å². The molecule has 1 N–H and O–H groups in total. The first-order valence-electron chi connectivity index (χ1n) is 9.59. The number of amides is 2. The van der Waals surface area contributed by atoms with E-state index >= 15 is 0 Å². The molecule has 7 nitrogen and oxygen atoms in total. The summed E-state index contributed by atoms with van der Waals surface area (Å²) < 4.78 is 11.8. The summed E-state index contributed by atoms with van der Waals surface area (Å²) in [5, 5.41) is 8.20. The monoisotopic (exact) mass is 427 g/mol. The van der Waals surface area contributed by atoms with E-state index in [2.05, 4.69) is 16.5 Å². The number of rotatable bonds is 6. The number of carbonyl (C=O) groups excluding carboxylic acids is 2. The van der Waals surface area contributed by atoms with Crippen molar-refractivity contribution in [3.63, 3.8) is 0 Å². The molecule has 0 saturated heterocycles. The van der Waals surface area contributed by atoms with Gasteiger partial charge in [-0.25, -0.2) is 5.01 Å². The first kappa shape index (κ1) is 21.7. The van der Waals surface area contributed by atoms with Crippen molar-refractivity contribution in [2.75, 3.05) is 13.2 Å². The fraction of sp³-hybridized carbons (Fsp3) is 0.318. The maximum atomic E-state index is 12.1. The minimum Gasteiger partial charge on any atom is -0.490 e. The standard InChI is InChI=1S/C22H25N3O4S/c1-14-9-10-19(15(2)13-14)28-11-12-29-20-8-6-5-7-18(20)21-25(17(4)27)24-22(30-21)23-16(3)26/h5-10,13,21H,11-12H2,1-4H3,(H,23,24,26)/t21-/m1/s1. The number of thioether (sulfide) groups is 1. The molecule has 1 aliphatic rings. The van der Waals surface area contributed by atoms with Crippen LogP contribution in [0.4, 0.5) is 0 Å². The average molecular weight is 428 g/mol. The Labute approximate surface area is 180 Å². The molecule has 158 valence electrons. The number of hydrazone groups is 1. The Morgan fingerprint density at radius 1 is 1.07 bits per heavy atom. The van der Waals surface area contributed by atoms with Gasteiger partial charge in [0.05, 0.1) is 0 Å². The zero-order valence-corrected chi connectivity index (χ0v) is 18.3. The molecule has 1 aliphatic heterocycles. The highest BCUT2D eigenvalue weighted by molar-refractivity contribution is 8.14. The van der Waals surface area contributed by atoms with E-state index in [0.29, 0.717) is 24.1 Å². The number of benzene rings is 2. The van der Waals surface area contributed by atoms with Gasteiger partial charge in [0.25, 0.3) is 0 Å². The van der Waals surface area contributed by atoms with E-state index < -0.39 is 5.37 Å². The van der Waals surface area contributed by atoms with Crippen LogP contribution in [-0.2, 0) is 9.59 Å². The Morgan fingerprint density at radius 2 is 1.77 bits per heavy atom. The fourth-order valence-electron chi connectivity index (χ4n) is 3.05. The van der Waals surface area contributed by atoms with Crippen molar-refractivity contribution in [3.8, 4) is 11.5 Å². The number of carbonyl (C=O) groups is 2. The van der Waals surface area contributed by atoms with Crippen LogP contribution < -0.4 is 14.8 Å². The number of nitrogens with one attached hydrogen (secondary N) is 1. The third-order valence-corrected chi connectivity index (χ3v) is 5.45. The molecular weight excluding hydrogens is 402 g/mol. The SMILES string of the molecule is CC(=O)NC1=NN(C(C)=O)[C@@H](c2ccccc2OCCOc2ccc(C)cc2C)S1. The van der Waals surface area contributed by atoms with Crippen molar-refractivity contribution in [2.24, 2.45) is 5.10 Å². The number of nitrogens with zero attached hydrogens (tertiary/aromatic N) is 2. The predicted octanol–water partition coefficient (Wildman–Crippen LogP) is 3.76. The van der Waals surface area contributed by atoms with Crippen LogP contribution in [0.3, 0.4) is 0 Å². The van der Waals surface area contributed by atoms with Crippen LogP contribution in [0.5, 0.6) is 11.5 Å². The predicted molar refractivity (Wildman–Crippen MR) is 117 cm³/mol. The second kappa shape index (κ2) is 9.67. The summed E-state index contributed by atoms with van der Waals surface area (Å²) in [6, 6.07) is 13.5. The number of amidine groups is 1. The van der Waals surface area contributed by atoms with Gasteiger partial charge in [-0.05, 0) is 31.5 Å². The van der Waals surface area contributed by atoms with Crippen molar-refractivity contribution in [1.29, 1.82) is 0 Å². The third-order valence-electron chi connectivity index (χ3n) is 4.36. The topological polar surface area (TPSA) is 80.2 Å². The van der Waals surface area contributed by atoms with Gasteiger partial charge in [-0.15, -0.1) is 5.10 Å². The summed E-state index contributed by atoms with van der Waals surface area (Å²) in [5.41, 5.74) is 3.07. The van der Waals surface area contributed by atoms with Crippen LogP contribution in [-0.4, -0.2) is 35.2 Å². The maximum Gasteiger partial charge on any atom is 0.241 e. The molecule has 2 aromatic rings. The Balaban J connectivity index is 1.67. The highest BCUT2D eigenvalue weighted by Gasteiger charge is 2.34. The Kier molecular flexibility index (Phi) is 6.99. The first-order chi connectivity index (χ1) is 14.3. The largest absolute Gasteiger partial charge is 0.490 e. The third kappa shape index (κ3) is 5.33. The van der Waals surface area contributed by atoms with E-state index in [4.69, 9.17) is 9.47 Å². The lowest BCUT2D eigenvalue weighted by Crippen LogP contribution is -2.25. The van der Waals surface area contributed by atoms with E-state index in [9.17, 15) is 9.59 Å². The van der Waals surface area contributed by atoms with Crippen molar-refractivity contribution >= 4 is 28.7 Å². The van der Waals surface area contributed by atoms with Crippen molar-refractivity contribution in [3.05, 3.63) is 59.2 Å². The molecule has 0 aromatic heterocycles. The molecule has 1 heterocycles. The van der Waals surface area contributed by atoms with Gasteiger partial charge in [0.2, 0.25) is 11.8 Å². The van der Waals surface area contributed by atoms with Crippen LogP contribution in [0.15, 0.2) is 47.6 Å². The normalized spacial score (nSPS) is 15.5. The summed E-state index contributed by atoms with van der Waals surface area (Å²) >= 11 is 1.29. The lowest BCUT2D eigenvalue weighted by molar-refractivity contribution is -0.129. The van der Waals surface area contributed by atoms with Gasteiger partial charge < -0.3 is 14.8 Å². The summed E-state index contributed by atoms with van der Waals surface area (Å²) in [6.45, 7) is 7.64. The highest BCUT2D eigenvalue weighted by Crippen LogP contribution is 2.42. The Hall–Kier alpha value is -3.00. The highest BCUT2D eigenvalue weighted by atomic mass is 32.2. The molecule has 3 rings (SSSR count). The minimum atomic E-state index is -0.416. The van der Waals surface area contributed by atoms with E-state index in [1.807, 2.05) is 50.2 Å². The second-order valence-corrected chi connectivity index (χ2v) is 7.99. The molecule has 0 radical (unpaired) electrons. The summed E-state index contributed by atoms with van der Waals surface area (Å²) in [5.74, 6) is 1.02. The molecule has 2 amide bonds. The quantitative estimate of drug-likeness (QED) is 0.710. The minimum absolute atomic E-state index is 0.221. The van der Waals surface area contributed by atoms with Gasteiger partial charge in [0.1, 0.15) is 30.1 Å². The van der Waals surface area contributed by atoms with Crippen LogP contribution in [0.2, 0.25) is 0 Å². The molecule has 0 fully saturated rings. The zero-order valence-electron chi connectivity index (χ0n) is 17.5. The number of ether oxygens (including phenoxy) is 2. The zero-order chi connectivity index (χ0) is 21.7. The summed E-state index contributed by atoms with van der Waals surface area (Å²) in [4.78, 5) is 23.5. The number of hydrogen-bond donors (Lipinski definition) is 1. The van der Waals surface area contributed by atoms with Crippen molar-refractivity contribution in [1.82, 2.24) is 10.3 Å². The van der Waals surface area contributed by atoms with E-state index in [0.717, 1.165) is 16.9 Å². The lowest BCUT2D eigenvalue weighted by Gasteiger charge is -2.22. The van der Waals surface area contributed by atoms with Crippen LogP contribution >= 0.6 is 11.8 Å². The first-order valence-corrected chi connectivity index (χ1v) is 10.5. The van der Waals surface area contributed by atoms with Crippen LogP contribution in [0.1, 0.15) is 35.9 Å². The number of aryl methyl sites for hydroxylation is 2. The van der Waals surface area contributed by atoms with Crippen molar-refractivity contribution in [2.45, 2.75) is 33.1 Å². The Morgan fingerprint density at radius 3 is 2.43 bits per heavy atom. The number of para-hydroxylation sites is 1. The Bertz CT molecular complexity index is 977. The second-order valence-electron chi connectivity index (χ2n) is 6.92. The van der Waals surface area contributed by atoms with E-state index in [1.54, 1.807) is 0 Å². The molecule has 0 unspecified atom stereocenters. The van der Waals surface area contributed by atoms with Crippen molar-refractivity contribution < 1.29 is 19.1 Å². The molecule has 30 heavy (non-hydrogen) atoms. The van der Waals surface area contributed by atoms with Gasteiger partial charge in [-0.2, -0.15) is 0 Å². The molecule has 0 spiro atoms. The maximum absolute atomic E-state index is 12.1. The van der Waals surface area contributed by atoms with Crippen LogP contribution in [0, 0.1) is 13.8 Å². The molecule has 0 saturated carbocycles. The number of hydrogen-bond acceptors (Lipinski definition) is 6. The lowest BCUT2D eigenvalue weighted by atomic mass is 10.1. The molecule has 0 aliphatic carbocycles. The summed E-state index contributed by atoms with van der Waals surface area (Å²) in [6.07, 6.45) is 0. The molecule has 8 heteroatoms. The fourth-order valence-corrected chi connectivity index (χ4v) is 4.21. The van der Waals surface area contributed by atoms with E-state index in [1.165, 1.54) is 36.2 Å². The molecule has 0 bridgehead atoms. The van der Waals surface area contributed by atoms with Gasteiger partial charge in [-0.3, -0.25) is 9.59 Å². The average Bonchev–Trinajstić information content (AvgIpc) is 3.10.